The molecule has 2 N–H and O–H groups in total. The van der Waals surface area contributed by atoms with Gasteiger partial charge in [-0.3, -0.25) is 0 Å². The van der Waals surface area contributed by atoms with Gasteiger partial charge in [0.1, 0.15) is 12.4 Å². The minimum Gasteiger partial charge on any atom is -0.450 e. The first-order chi connectivity index (χ1) is 5.02. The minimum atomic E-state index is -1.83. The van der Waals surface area contributed by atoms with Crippen LogP contribution in [0, 0.1) is 0 Å². The number of hydrogen-bond donors (Lipinski definition) is 2. The molecule has 0 saturated heterocycles. The summed E-state index contributed by atoms with van der Waals surface area (Å²) in [5.74, 6) is 0. The Morgan fingerprint density at radius 2 is 2.00 bits per heavy atom. The van der Waals surface area contributed by atoms with Crippen molar-refractivity contribution in [1.29, 1.82) is 0 Å². The topological polar surface area (TPSA) is 66.3 Å². The Morgan fingerprint density at radius 3 is 2.09 bits per heavy atom. The van der Waals surface area contributed by atoms with Crippen molar-refractivity contribution in [1.82, 2.24) is 4.57 Å². The third kappa shape index (κ3) is 6.36. The van der Waals surface area contributed by atoms with Crippen LogP contribution in [0.3, 0.4) is 0 Å². The molecule has 0 amide bonds. The Kier molecular flexibility index (Phi) is 3.72. The first-order valence-corrected chi connectivity index (χ1v) is 2.91. The molecule has 0 aliphatic rings. The van der Waals surface area contributed by atoms with Gasteiger partial charge in [-0.1, -0.05) is 0 Å². The first kappa shape index (κ1) is 9.48. The fraction of sp³-hybridized carbons (Fsp3) is 0.333. The summed E-state index contributed by atoms with van der Waals surface area (Å²) in [6.07, 6.45) is 4.17. The Hall–Kier alpha value is -1.52. The van der Waals surface area contributed by atoms with Crippen molar-refractivity contribution in [3.05, 3.63) is 18.7 Å². The molecule has 0 aromatic carbocycles. The van der Waals surface area contributed by atoms with Gasteiger partial charge in [-0.05, 0) is 0 Å². The fourth-order valence-electron chi connectivity index (χ4n) is 0.575. The van der Waals surface area contributed by atoms with Crippen LogP contribution in [0.1, 0.15) is 0 Å². The van der Waals surface area contributed by atoms with Crippen molar-refractivity contribution in [2.45, 2.75) is 0 Å². The van der Waals surface area contributed by atoms with E-state index in [1.165, 1.54) is 0 Å². The average molecular weight is 159 g/mol. The zero-order chi connectivity index (χ0) is 8.85. The third-order valence-corrected chi connectivity index (χ3v) is 0.901. The summed E-state index contributed by atoms with van der Waals surface area (Å²) in [7, 11) is 4.00. The molecule has 0 spiro atoms. The zero-order valence-corrected chi connectivity index (χ0v) is 6.43. The van der Waals surface area contributed by atoms with Gasteiger partial charge < -0.3 is 10.2 Å². The van der Waals surface area contributed by atoms with Crippen LogP contribution in [-0.2, 0) is 14.1 Å². The standard InChI is InChI=1S/C5H9N2.CH2O3/c1-6-3-4-7(2)5-6;2-1(3)4/h3-5H,1-2H3;(H2,2,3,4)/q+1;. The van der Waals surface area contributed by atoms with Gasteiger partial charge in [0.15, 0.2) is 0 Å². The zero-order valence-electron chi connectivity index (χ0n) is 6.43. The molecule has 1 heterocycles. The van der Waals surface area contributed by atoms with Crippen LogP contribution < -0.4 is 4.57 Å². The SMILES string of the molecule is Cn1cc[n+](C)c1.O=C(O)O. The number of rotatable bonds is 0. The van der Waals surface area contributed by atoms with Crippen molar-refractivity contribution in [2.75, 3.05) is 0 Å². The fourth-order valence-corrected chi connectivity index (χ4v) is 0.575. The van der Waals surface area contributed by atoms with E-state index in [-0.39, 0.29) is 0 Å². The minimum absolute atomic E-state index is 1.83. The first-order valence-electron chi connectivity index (χ1n) is 2.91. The lowest BCUT2D eigenvalue weighted by atomic mass is 10.9. The van der Waals surface area contributed by atoms with E-state index in [2.05, 4.69) is 0 Å². The van der Waals surface area contributed by atoms with Crippen LogP contribution in [0.4, 0.5) is 4.79 Å². The van der Waals surface area contributed by atoms with Crippen LogP contribution in [0.15, 0.2) is 18.7 Å². The smallest absolute Gasteiger partial charge is 0.450 e. The molecule has 0 saturated carbocycles. The normalized spacial score (nSPS) is 8.18. The van der Waals surface area contributed by atoms with Crippen LogP contribution in [0.5, 0.6) is 0 Å². The molecule has 0 fully saturated rings. The predicted molar refractivity (Wildman–Crippen MR) is 37.2 cm³/mol. The van der Waals surface area contributed by atoms with E-state index in [0.717, 1.165) is 0 Å². The van der Waals surface area contributed by atoms with E-state index in [0.29, 0.717) is 0 Å². The highest BCUT2D eigenvalue weighted by Crippen LogP contribution is 1.70. The number of imidazole rings is 1. The van der Waals surface area contributed by atoms with E-state index in [1.807, 2.05) is 42.0 Å². The molecule has 5 nitrogen and oxygen atoms in total. The maximum absolute atomic E-state index is 8.56. The van der Waals surface area contributed by atoms with Crippen LogP contribution in [0.2, 0.25) is 0 Å². The number of carbonyl (C=O) groups is 1. The second-order valence-electron chi connectivity index (χ2n) is 2.03. The van der Waals surface area contributed by atoms with E-state index < -0.39 is 6.16 Å². The van der Waals surface area contributed by atoms with Gasteiger partial charge in [0, 0.05) is 0 Å². The molecular formula is C6H11N2O3+. The Balaban J connectivity index is 0.000000218. The van der Waals surface area contributed by atoms with Crippen molar-refractivity contribution >= 4 is 6.16 Å². The lowest BCUT2D eigenvalue weighted by Crippen LogP contribution is -2.23. The predicted octanol–water partition coefficient (Wildman–Crippen LogP) is 0.0720. The summed E-state index contributed by atoms with van der Waals surface area (Å²) in [6, 6.07) is 0. The summed E-state index contributed by atoms with van der Waals surface area (Å²) in [6.45, 7) is 0. The van der Waals surface area contributed by atoms with E-state index >= 15 is 0 Å². The molecule has 0 atom stereocenters. The maximum Gasteiger partial charge on any atom is 0.503 e. The summed E-state index contributed by atoms with van der Waals surface area (Å²) < 4.78 is 4.00. The van der Waals surface area contributed by atoms with Crippen molar-refractivity contribution in [2.24, 2.45) is 14.1 Å². The second-order valence-corrected chi connectivity index (χ2v) is 2.03. The lowest BCUT2D eigenvalue weighted by molar-refractivity contribution is -0.670. The number of carboxylic acid groups (broad SMARTS) is 2. The highest BCUT2D eigenvalue weighted by atomic mass is 16.6. The van der Waals surface area contributed by atoms with Crippen LogP contribution in [-0.4, -0.2) is 20.9 Å². The molecule has 0 aliphatic carbocycles. The second kappa shape index (κ2) is 4.32. The van der Waals surface area contributed by atoms with E-state index in [4.69, 9.17) is 15.0 Å². The molecule has 1 aromatic rings. The van der Waals surface area contributed by atoms with Crippen LogP contribution >= 0.6 is 0 Å². The Labute approximate surface area is 64.1 Å². The van der Waals surface area contributed by atoms with Gasteiger partial charge in [0.25, 0.3) is 0 Å². The molecule has 0 aliphatic heterocycles. The molecule has 1 aromatic heterocycles. The number of aryl methyl sites for hydroxylation is 2. The van der Waals surface area contributed by atoms with Crippen molar-refractivity contribution < 1.29 is 19.6 Å². The molecule has 0 bridgehead atoms. The summed E-state index contributed by atoms with van der Waals surface area (Å²) in [5.41, 5.74) is 0. The van der Waals surface area contributed by atoms with E-state index in [1.54, 1.807) is 0 Å². The molecule has 5 heteroatoms. The Bertz CT molecular complexity index is 211. The monoisotopic (exact) mass is 159 g/mol. The molecule has 0 radical (unpaired) electrons. The summed E-state index contributed by atoms with van der Waals surface area (Å²) in [5, 5.41) is 13.9. The van der Waals surface area contributed by atoms with Gasteiger partial charge in [0.2, 0.25) is 6.33 Å². The summed E-state index contributed by atoms with van der Waals surface area (Å²) in [4.78, 5) is 8.56. The lowest BCUT2D eigenvalue weighted by Gasteiger charge is -1.72. The Morgan fingerprint density at radius 1 is 1.55 bits per heavy atom. The van der Waals surface area contributed by atoms with Gasteiger partial charge in [-0.25, -0.2) is 13.9 Å². The van der Waals surface area contributed by atoms with E-state index in [9.17, 15) is 0 Å². The van der Waals surface area contributed by atoms with Gasteiger partial charge in [-0.2, -0.15) is 0 Å². The number of nitrogens with zero attached hydrogens (tertiary/aromatic N) is 2. The quantitative estimate of drug-likeness (QED) is 0.526. The number of aromatic nitrogens is 2. The maximum atomic E-state index is 8.56. The average Bonchev–Trinajstić information content (AvgIpc) is 2.13. The molecule has 11 heavy (non-hydrogen) atoms. The van der Waals surface area contributed by atoms with Crippen molar-refractivity contribution in [3.8, 4) is 0 Å². The van der Waals surface area contributed by atoms with Crippen molar-refractivity contribution in [3.63, 3.8) is 0 Å². The number of hydrogen-bond acceptors (Lipinski definition) is 1. The molecular weight excluding hydrogens is 148 g/mol. The molecule has 0 unspecified atom stereocenters. The van der Waals surface area contributed by atoms with Gasteiger partial charge >= 0.3 is 6.16 Å². The third-order valence-electron chi connectivity index (χ3n) is 0.901. The molecule has 1 rings (SSSR count). The largest absolute Gasteiger partial charge is 0.503 e. The highest BCUT2D eigenvalue weighted by molar-refractivity contribution is 5.53. The van der Waals surface area contributed by atoms with Gasteiger partial charge in [0.05, 0.1) is 14.1 Å². The molecule has 62 valence electrons. The van der Waals surface area contributed by atoms with Gasteiger partial charge in [-0.15, -0.1) is 0 Å². The van der Waals surface area contributed by atoms with Crippen LogP contribution in [0.25, 0.3) is 0 Å². The highest BCUT2D eigenvalue weighted by Gasteiger charge is 1.87. The summed E-state index contributed by atoms with van der Waals surface area (Å²) >= 11 is 0.